The van der Waals surface area contributed by atoms with Gasteiger partial charge in [0.15, 0.2) is 0 Å². The zero-order chi connectivity index (χ0) is 15.5. The first-order valence-electron chi connectivity index (χ1n) is 7.37. The number of aryl methyl sites for hydroxylation is 2. The largest absolute Gasteiger partial charge is 0.316 e. The number of piperidine rings is 1. The first-order chi connectivity index (χ1) is 9.90. The molecule has 2 N–H and O–H groups in total. The van der Waals surface area contributed by atoms with Crippen LogP contribution in [0.1, 0.15) is 30.4 Å². The van der Waals surface area contributed by atoms with E-state index < -0.39 is 10.0 Å². The van der Waals surface area contributed by atoms with Gasteiger partial charge in [-0.3, -0.25) is 0 Å². The Balaban J connectivity index is 1.99. The van der Waals surface area contributed by atoms with E-state index in [4.69, 9.17) is 0 Å². The third-order valence-electron chi connectivity index (χ3n) is 3.99. The number of rotatable bonds is 5. The van der Waals surface area contributed by atoms with Crippen LogP contribution in [0.5, 0.6) is 0 Å². The Hall–Kier alpha value is -0.430. The number of benzene rings is 1. The third-order valence-corrected chi connectivity index (χ3v) is 6.45. The molecule has 1 aliphatic heterocycles. The Labute approximate surface area is 135 Å². The molecule has 1 heterocycles. The highest BCUT2D eigenvalue weighted by molar-refractivity contribution is 9.10. The Morgan fingerprint density at radius 3 is 2.76 bits per heavy atom. The Morgan fingerprint density at radius 1 is 1.33 bits per heavy atom. The molecular weight excluding hydrogens is 352 g/mol. The molecule has 0 bridgehead atoms. The molecule has 0 aliphatic carbocycles. The highest BCUT2D eigenvalue weighted by atomic mass is 79.9. The van der Waals surface area contributed by atoms with Crippen molar-refractivity contribution in [3.8, 4) is 0 Å². The Kier molecular flexibility index (Phi) is 5.82. The van der Waals surface area contributed by atoms with Crippen molar-refractivity contribution in [2.75, 3.05) is 19.6 Å². The second-order valence-corrected chi connectivity index (χ2v) is 8.36. The van der Waals surface area contributed by atoms with E-state index in [1.807, 2.05) is 19.9 Å². The van der Waals surface area contributed by atoms with Crippen molar-refractivity contribution in [3.05, 3.63) is 27.7 Å². The maximum atomic E-state index is 12.4. The fourth-order valence-electron chi connectivity index (χ4n) is 2.69. The van der Waals surface area contributed by atoms with Gasteiger partial charge in [0, 0.05) is 11.0 Å². The topological polar surface area (TPSA) is 58.2 Å². The van der Waals surface area contributed by atoms with Gasteiger partial charge in [0.1, 0.15) is 0 Å². The third kappa shape index (κ3) is 4.52. The highest BCUT2D eigenvalue weighted by Crippen LogP contribution is 2.24. The lowest BCUT2D eigenvalue weighted by Gasteiger charge is -2.22. The molecule has 0 aromatic heterocycles. The first kappa shape index (κ1) is 16.9. The van der Waals surface area contributed by atoms with E-state index in [2.05, 4.69) is 26.0 Å². The van der Waals surface area contributed by atoms with Gasteiger partial charge in [-0.05, 0) is 75.4 Å². The van der Waals surface area contributed by atoms with Crippen molar-refractivity contribution >= 4 is 26.0 Å². The summed E-state index contributed by atoms with van der Waals surface area (Å²) in [6.07, 6.45) is 3.26. The summed E-state index contributed by atoms with van der Waals surface area (Å²) in [5, 5.41) is 3.35. The average Bonchev–Trinajstić information content (AvgIpc) is 2.43. The molecule has 1 aromatic rings. The van der Waals surface area contributed by atoms with Gasteiger partial charge in [-0.1, -0.05) is 15.9 Å². The van der Waals surface area contributed by atoms with E-state index in [0.29, 0.717) is 17.4 Å². The van der Waals surface area contributed by atoms with Crippen LogP contribution >= 0.6 is 15.9 Å². The minimum atomic E-state index is -3.42. The van der Waals surface area contributed by atoms with Crippen LogP contribution in [0.3, 0.4) is 0 Å². The van der Waals surface area contributed by atoms with E-state index >= 15 is 0 Å². The molecule has 1 fully saturated rings. The quantitative estimate of drug-likeness (QED) is 0.832. The number of halogens is 1. The lowest BCUT2D eigenvalue weighted by Crippen LogP contribution is -2.33. The van der Waals surface area contributed by atoms with Crippen molar-refractivity contribution in [1.82, 2.24) is 10.0 Å². The second-order valence-electron chi connectivity index (χ2n) is 5.77. The fourth-order valence-corrected chi connectivity index (χ4v) is 4.50. The Bertz CT molecular complexity index is 596. The normalized spacial score (nSPS) is 19.7. The minimum absolute atomic E-state index is 0.380. The number of nitrogens with one attached hydrogen (secondary N) is 2. The molecule has 2 rings (SSSR count). The van der Waals surface area contributed by atoms with Gasteiger partial charge in [0.05, 0.1) is 4.90 Å². The maximum absolute atomic E-state index is 12.4. The molecule has 0 saturated carbocycles. The first-order valence-corrected chi connectivity index (χ1v) is 9.65. The van der Waals surface area contributed by atoms with E-state index in [-0.39, 0.29) is 0 Å². The van der Waals surface area contributed by atoms with Crippen LogP contribution in [-0.2, 0) is 10.0 Å². The van der Waals surface area contributed by atoms with Gasteiger partial charge < -0.3 is 5.32 Å². The maximum Gasteiger partial charge on any atom is 0.240 e. The van der Waals surface area contributed by atoms with Crippen molar-refractivity contribution in [2.24, 2.45) is 5.92 Å². The van der Waals surface area contributed by atoms with Crippen molar-refractivity contribution in [3.63, 3.8) is 0 Å². The van der Waals surface area contributed by atoms with Crippen LogP contribution in [0.2, 0.25) is 0 Å². The summed E-state index contributed by atoms with van der Waals surface area (Å²) in [6, 6.07) is 3.58. The predicted molar refractivity (Wildman–Crippen MR) is 89.0 cm³/mol. The van der Waals surface area contributed by atoms with Crippen LogP contribution in [0.25, 0.3) is 0 Å². The van der Waals surface area contributed by atoms with Crippen molar-refractivity contribution < 1.29 is 8.42 Å². The lowest BCUT2D eigenvalue weighted by atomic mass is 9.96. The monoisotopic (exact) mass is 374 g/mol. The van der Waals surface area contributed by atoms with Crippen LogP contribution in [0, 0.1) is 19.8 Å². The molecule has 0 spiro atoms. The van der Waals surface area contributed by atoms with E-state index in [9.17, 15) is 8.42 Å². The second kappa shape index (κ2) is 7.22. The number of sulfonamides is 1. The molecule has 118 valence electrons. The average molecular weight is 375 g/mol. The minimum Gasteiger partial charge on any atom is -0.316 e. The van der Waals surface area contributed by atoms with Gasteiger partial charge in [-0.25, -0.2) is 13.1 Å². The summed E-state index contributed by atoms with van der Waals surface area (Å²) in [5.41, 5.74) is 1.69. The highest BCUT2D eigenvalue weighted by Gasteiger charge is 2.19. The van der Waals surface area contributed by atoms with Gasteiger partial charge in [0.2, 0.25) is 10.0 Å². The number of hydrogen-bond donors (Lipinski definition) is 2. The molecule has 0 amide bonds. The fraction of sp³-hybridized carbons (Fsp3) is 0.600. The summed E-state index contributed by atoms with van der Waals surface area (Å²) in [4.78, 5) is 0.380. The molecule has 6 heteroatoms. The standard InChI is InChI=1S/C15H23BrN2O2S/c1-11-9-15(12(2)8-14(11)16)21(19,20)18-7-5-13-4-3-6-17-10-13/h8-9,13,17-18H,3-7,10H2,1-2H3. The van der Waals surface area contributed by atoms with Crippen LogP contribution in [0.4, 0.5) is 0 Å². The molecule has 0 radical (unpaired) electrons. The zero-order valence-electron chi connectivity index (χ0n) is 12.6. The number of hydrogen-bond acceptors (Lipinski definition) is 3. The molecule has 21 heavy (non-hydrogen) atoms. The van der Waals surface area contributed by atoms with Crippen molar-refractivity contribution in [2.45, 2.75) is 38.0 Å². The van der Waals surface area contributed by atoms with Crippen molar-refractivity contribution in [1.29, 1.82) is 0 Å². The summed E-state index contributed by atoms with van der Waals surface area (Å²) >= 11 is 3.43. The van der Waals surface area contributed by atoms with Gasteiger partial charge >= 0.3 is 0 Å². The van der Waals surface area contributed by atoms with Gasteiger partial charge in [-0.15, -0.1) is 0 Å². The lowest BCUT2D eigenvalue weighted by molar-refractivity contribution is 0.358. The molecule has 1 atom stereocenters. The van der Waals surface area contributed by atoms with Crippen LogP contribution in [-0.4, -0.2) is 28.1 Å². The molecule has 1 unspecified atom stereocenters. The summed E-state index contributed by atoms with van der Waals surface area (Å²) < 4.78 is 28.5. The van der Waals surface area contributed by atoms with E-state index in [0.717, 1.165) is 35.1 Å². The molecule has 1 aromatic carbocycles. The van der Waals surface area contributed by atoms with Gasteiger partial charge in [0.25, 0.3) is 0 Å². The SMILES string of the molecule is Cc1cc(S(=O)(=O)NCCC2CCCNC2)c(C)cc1Br. The van der Waals surface area contributed by atoms with Gasteiger partial charge in [-0.2, -0.15) is 0 Å². The zero-order valence-corrected chi connectivity index (χ0v) is 15.0. The summed E-state index contributed by atoms with van der Waals surface area (Å²) in [5.74, 6) is 0.578. The van der Waals surface area contributed by atoms with E-state index in [1.165, 1.54) is 12.8 Å². The van der Waals surface area contributed by atoms with E-state index in [1.54, 1.807) is 6.07 Å². The smallest absolute Gasteiger partial charge is 0.240 e. The molecule has 1 aliphatic rings. The molecule has 1 saturated heterocycles. The Morgan fingerprint density at radius 2 is 2.10 bits per heavy atom. The van der Waals surface area contributed by atoms with Crippen LogP contribution < -0.4 is 10.0 Å². The molecule has 4 nitrogen and oxygen atoms in total. The summed E-state index contributed by atoms with van der Waals surface area (Å²) in [6.45, 7) is 6.31. The molecular formula is C15H23BrN2O2S. The predicted octanol–water partition coefficient (Wildman–Crippen LogP) is 2.73. The summed E-state index contributed by atoms with van der Waals surface area (Å²) in [7, 11) is -3.42. The van der Waals surface area contributed by atoms with Crippen LogP contribution in [0.15, 0.2) is 21.5 Å².